The van der Waals surface area contributed by atoms with Crippen LogP contribution < -0.4 is 15.0 Å². The van der Waals surface area contributed by atoms with Crippen molar-refractivity contribution in [1.82, 2.24) is 20.4 Å². The standard InChI is InChI=1S/C26H37N5O5/c1-17(2)24-29-26(36-30-24)31-11-9-18(10-12-31)16-35-22-7-8-23(27-14-22)19-3-5-20(6-4-19)25(34)28-13-21(33)15-32/h3,7-8,14,17-18,20-21,32-33H,4-6,9-13,15-16H2,1-2H3,(H,28,34). The van der Waals surface area contributed by atoms with Crippen molar-refractivity contribution in [1.29, 1.82) is 0 Å². The molecule has 3 N–H and O–H groups in total. The van der Waals surface area contributed by atoms with Gasteiger partial charge in [-0.1, -0.05) is 25.1 Å². The molecule has 1 fully saturated rings. The Morgan fingerprint density at radius 3 is 2.69 bits per heavy atom. The van der Waals surface area contributed by atoms with Crippen LogP contribution in [0, 0.1) is 11.8 Å². The van der Waals surface area contributed by atoms with Gasteiger partial charge in [0.25, 0.3) is 0 Å². The fraction of sp³-hybridized carbons (Fsp3) is 0.615. The van der Waals surface area contributed by atoms with Crippen LogP contribution in [-0.2, 0) is 4.79 Å². The normalized spacial score (nSPS) is 19.8. The molecule has 1 saturated heterocycles. The first-order valence-electron chi connectivity index (χ1n) is 12.9. The summed E-state index contributed by atoms with van der Waals surface area (Å²) in [7, 11) is 0. The van der Waals surface area contributed by atoms with E-state index in [0.29, 0.717) is 25.0 Å². The molecular formula is C26H37N5O5. The number of aliphatic hydroxyl groups excluding tert-OH is 2. The second kappa shape index (κ2) is 12.3. The summed E-state index contributed by atoms with van der Waals surface area (Å²) >= 11 is 0. The molecule has 0 spiro atoms. The van der Waals surface area contributed by atoms with Gasteiger partial charge >= 0.3 is 6.01 Å². The van der Waals surface area contributed by atoms with Gasteiger partial charge in [0.15, 0.2) is 5.82 Å². The quantitative estimate of drug-likeness (QED) is 0.451. The number of aliphatic hydroxyl groups is 2. The molecular weight excluding hydrogens is 462 g/mol. The number of ether oxygens (including phenoxy) is 1. The molecule has 2 atom stereocenters. The Hall–Kier alpha value is -2.98. The van der Waals surface area contributed by atoms with Gasteiger partial charge in [0.2, 0.25) is 5.91 Å². The topological polar surface area (TPSA) is 134 Å². The molecule has 196 valence electrons. The Bertz CT molecular complexity index is 1010. The lowest BCUT2D eigenvalue weighted by atomic mass is 9.87. The Balaban J connectivity index is 1.20. The van der Waals surface area contributed by atoms with E-state index in [-0.39, 0.29) is 30.9 Å². The number of carbonyl (C=O) groups is 1. The average molecular weight is 500 g/mol. The Kier molecular flexibility index (Phi) is 8.93. The van der Waals surface area contributed by atoms with Crippen molar-refractivity contribution >= 4 is 17.5 Å². The first-order valence-corrected chi connectivity index (χ1v) is 12.9. The molecule has 10 nitrogen and oxygen atoms in total. The predicted octanol–water partition coefficient (Wildman–Crippen LogP) is 2.54. The van der Waals surface area contributed by atoms with Gasteiger partial charge in [-0.15, -0.1) is 0 Å². The number of allylic oxidation sites excluding steroid dienone is 2. The van der Waals surface area contributed by atoms with Crippen LogP contribution in [0.3, 0.4) is 0 Å². The smallest absolute Gasteiger partial charge is 0.324 e. The molecule has 2 aromatic rings. The van der Waals surface area contributed by atoms with Crippen LogP contribution in [0.5, 0.6) is 5.75 Å². The fourth-order valence-corrected chi connectivity index (χ4v) is 4.48. The van der Waals surface area contributed by atoms with Crippen molar-refractivity contribution in [3.63, 3.8) is 0 Å². The van der Waals surface area contributed by atoms with Crippen molar-refractivity contribution in [2.75, 3.05) is 37.7 Å². The Morgan fingerprint density at radius 2 is 2.08 bits per heavy atom. The highest BCUT2D eigenvalue weighted by molar-refractivity contribution is 5.80. The van der Waals surface area contributed by atoms with Gasteiger partial charge in [-0.05, 0) is 55.7 Å². The highest BCUT2D eigenvalue weighted by atomic mass is 16.5. The summed E-state index contributed by atoms with van der Waals surface area (Å²) in [6.45, 7) is 6.22. The lowest BCUT2D eigenvalue weighted by Crippen LogP contribution is -2.38. The zero-order valence-electron chi connectivity index (χ0n) is 21.1. The third kappa shape index (κ3) is 6.82. The number of piperidine rings is 1. The largest absolute Gasteiger partial charge is 0.492 e. The van der Waals surface area contributed by atoms with Crippen LogP contribution in [0.25, 0.3) is 5.57 Å². The third-order valence-corrected chi connectivity index (χ3v) is 6.89. The van der Waals surface area contributed by atoms with Crippen LogP contribution in [0.1, 0.15) is 63.4 Å². The zero-order valence-corrected chi connectivity index (χ0v) is 21.1. The molecule has 0 radical (unpaired) electrons. The van der Waals surface area contributed by atoms with Crippen LogP contribution in [0.2, 0.25) is 0 Å². The molecule has 1 aliphatic carbocycles. The van der Waals surface area contributed by atoms with E-state index in [0.717, 1.165) is 61.6 Å². The molecule has 2 aliphatic rings. The minimum Gasteiger partial charge on any atom is -0.492 e. The van der Waals surface area contributed by atoms with Crippen molar-refractivity contribution in [2.45, 2.75) is 58.0 Å². The van der Waals surface area contributed by atoms with E-state index in [1.165, 1.54) is 0 Å². The number of hydrogen-bond donors (Lipinski definition) is 3. The van der Waals surface area contributed by atoms with Gasteiger partial charge in [-0.2, -0.15) is 4.98 Å². The number of nitrogens with one attached hydrogen (secondary N) is 1. The van der Waals surface area contributed by atoms with E-state index in [2.05, 4.69) is 45.3 Å². The van der Waals surface area contributed by atoms with Gasteiger partial charge in [-0.25, -0.2) is 0 Å². The Labute approximate surface area is 211 Å². The summed E-state index contributed by atoms with van der Waals surface area (Å²) in [5.41, 5.74) is 2.04. The number of nitrogens with zero attached hydrogens (tertiary/aromatic N) is 4. The van der Waals surface area contributed by atoms with Crippen LogP contribution in [0.15, 0.2) is 28.9 Å². The van der Waals surface area contributed by atoms with E-state index in [9.17, 15) is 9.90 Å². The number of carbonyl (C=O) groups excluding carboxylic acids is 1. The maximum Gasteiger partial charge on any atom is 0.324 e. The number of anilines is 1. The van der Waals surface area contributed by atoms with Gasteiger partial charge < -0.3 is 29.7 Å². The maximum absolute atomic E-state index is 12.2. The molecule has 10 heteroatoms. The van der Waals surface area contributed by atoms with Crippen LogP contribution >= 0.6 is 0 Å². The maximum atomic E-state index is 12.2. The van der Waals surface area contributed by atoms with Gasteiger partial charge in [-0.3, -0.25) is 9.78 Å². The van der Waals surface area contributed by atoms with Gasteiger partial charge in [0.05, 0.1) is 31.2 Å². The lowest BCUT2D eigenvalue weighted by Gasteiger charge is -2.30. The lowest BCUT2D eigenvalue weighted by molar-refractivity contribution is -0.125. The number of pyridine rings is 1. The molecule has 0 saturated carbocycles. The second-order valence-corrected chi connectivity index (χ2v) is 9.99. The highest BCUT2D eigenvalue weighted by Crippen LogP contribution is 2.30. The average Bonchev–Trinajstić information content (AvgIpc) is 3.42. The molecule has 1 amide bonds. The number of aromatic nitrogens is 3. The minimum absolute atomic E-state index is 0.0718. The second-order valence-electron chi connectivity index (χ2n) is 9.99. The molecule has 3 heterocycles. The molecule has 36 heavy (non-hydrogen) atoms. The van der Waals surface area contributed by atoms with E-state index >= 15 is 0 Å². The first-order chi connectivity index (χ1) is 17.4. The SMILES string of the molecule is CC(C)c1noc(N2CCC(COc3ccc(C4=CCC(C(=O)NCC(O)CO)CC4)nc3)CC2)n1. The van der Waals surface area contributed by atoms with E-state index in [1.807, 2.05) is 12.1 Å². The molecule has 0 aromatic carbocycles. The van der Waals surface area contributed by atoms with E-state index in [1.54, 1.807) is 6.20 Å². The summed E-state index contributed by atoms with van der Waals surface area (Å²) in [6, 6.07) is 4.55. The summed E-state index contributed by atoms with van der Waals surface area (Å²) in [5.74, 6) is 2.02. The Morgan fingerprint density at radius 1 is 1.28 bits per heavy atom. The van der Waals surface area contributed by atoms with Crippen LogP contribution in [-0.4, -0.2) is 70.2 Å². The van der Waals surface area contributed by atoms with Crippen molar-refractivity contribution < 1.29 is 24.3 Å². The van der Waals surface area contributed by atoms with E-state index < -0.39 is 6.10 Å². The highest BCUT2D eigenvalue weighted by Gasteiger charge is 2.25. The summed E-state index contributed by atoms with van der Waals surface area (Å²) in [5, 5.41) is 25.0. The zero-order chi connectivity index (χ0) is 25.5. The fourth-order valence-electron chi connectivity index (χ4n) is 4.48. The van der Waals surface area contributed by atoms with Gasteiger partial charge in [0, 0.05) is 31.5 Å². The third-order valence-electron chi connectivity index (χ3n) is 6.89. The number of amides is 1. The van der Waals surface area contributed by atoms with E-state index in [4.69, 9.17) is 14.4 Å². The molecule has 0 bridgehead atoms. The molecule has 1 aliphatic heterocycles. The predicted molar refractivity (Wildman–Crippen MR) is 134 cm³/mol. The van der Waals surface area contributed by atoms with Crippen molar-refractivity contribution in [3.05, 3.63) is 35.9 Å². The molecule has 2 unspecified atom stereocenters. The van der Waals surface area contributed by atoms with Crippen molar-refractivity contribution in [3.8, 4) is 5.75 Å². The van der Waals surface area contributed by atoms with Gasteiger partial charge in [0.1, 0.15) is 5.75 Å². The number of rotatable bonds is 10. The minimum atomic E-state index is -0.920. The summed E-state index contributed by atoms with van der Waals surface area (Å²) in [4.78, 5) is 23.5. The van der Waals surface area contributed by atoms with Crippen LogP contribution in [0.4, 0.5) is 6.01 Å². The first kappa shape index (κ1) is 26.1. The number of hydrogen-bond acceptors (Lipinski definition) is 9. The van der Waals surface area contributed by atoms with Crippen molar-refractivity contribution in [2.24, 2.45) is 11.8 Å². The summed E-state index contributed by atoms with van der Waals surface area (Å²) < 4.78 is 11.4. The summed E-state index contributed by atoms with van der Waals surface area (Å²) in [6.07, 6.45) is 7.07. The molecule has 2 aromatic heterocycles. The monoisotopic (exact) mass is 499 g/mol. The molecule has 4 rings (SSSR count).